The van der Waals surface area contributed by atoms with Crippen LogP contribution in [-0.2, 0) is 9.47 Å². The molecule has 2 aromatic rings. The maximum atomic E-state index is 12.1. The van der Waals surface area contributed by atoms with Crippen LogP contribution in [0.1, 0.15) is 29.1 Å². The number of piperidine rings is 1. The van der Waals surface area contributed by atoms with Crippen molar-refractivity contribution in [2.24, 2.45) is 0 Å². The van der Waals surface area contributed by atoms with E-state index < -0.39 is 5.79 Å². The summed E-state index contributed by atoms with van der Waals surface area (Å²) in [6.07, 6.45) is 1.59. The Morgan fingerprint density at radius 1 is 1.20 bits per heavy atom. The number of nitrogens with zero attached hydrogens (tertiary/aromatic N) is 4. The van der Waals surface area contributed by atoms with Gasteiger partial charge < -0.3 is 24.2 Å². The molecule has 2 aliphatic rings. The van der Waals surface area contributed by atoms with Crippen LogP contribution in [0.4, 0.5) is 11.6 Å². The molecule has 0 saturated carbocycles. The molecule has 1 spiro atoms. The number of amides is 1. The summed E-state index contributed by atoms with van der Waals surface area (Å²) in [4.78, 5) is 14.3. The van der Waals surface area contributed by atoms with Crippen molar-refractivity contribution in [1.82, 2.24) is 15.4 Å². The predicted molar refractivity (Wildman–Crippen MR) is 87.3 cm³/mol. The van der Waals surface area contributed by atoms with E-state index in [2.05, 4.69) is 25.6 Å². The quantitative estimate of drug-likeness (QED) is 0.890. The molecular weight excluding hydrogens is 326 g/mol. The topological polar surface area (TPSA) is 103 Å². The van der Waals surface area contributed by atoms with Crippen molar-refractivity contribution < 1.29 is 18.8 Å². The third kappa shape index (κ3) is 3.33. The van der Waals surface area contributed by atoms with Crippen LogP contribution in [0.25, 0.3) is 0 Å². The third-order valence-corrected chi connectivity index (χ3v) is 4.42. The van der Waals surface area contributed by atoms with Crippen molar-refractivity contribution in [3.63, 3.8) is 0 Å². The summed E-state index contributed by atoms with van der Waals surface area (Å²) in [6.45, 7) is 4.63. The number of aromatic nitrogens is 3. The number of hydrogen-bond acceptors (Lipinski definition) is 8. The van der Waals surface area contributed by atoms with Crippen LogP contribution in [0.3, 0.4) is 0 Å². The van der Waals surface area contributed by atoms with Crippen LogP contribution in [0, 0.1) is 6.92 Å². The van der Waals surface area contributed by atoms with E-state index in [1.165, 1.54) is 0 Å². The molecule has 25 heavy (non-hydrogen) atoms. The molecule has 0 unspecified atom stereocenters. The average Bonchev–Trinajstić information content (AvgIpc) is 3.25. The first-order chi connectivity index (χ1) is 12.1. The molecular formula is C16H19N5O4. The number of ether oxygens (including phenoxy) is 2. The van der Waals surface area contributed by atoms with Gasteiger partial charge in [-0.25, -0.2) is 0 Å². The highest BCUT2D eigenvalue weighted by atomic mass is 16.7. The lowest BCUT2D eigenvalue weighted by molar-refractivity contribution is -0.169. The third-order valence-electron chi connectivity index (χ3n) is 4.42. The molecule has 0 radical (unpaired) electrons. The van der Waals surface area contributed by atoms with Crippen LogP contribution in [0.15, 0.2) is 22.7 Å². The number of anilines is 2. The fourth-order valence-electron chi connectivity index (χ4n) is 3.08. The van der Waals surface area contributed by atoms with Crippen LogP contribution >= 0.6 is 0 Å². The van der Waals surface area contributed by atoms with Gasteiger partial charge in [-0.1, -0.05) is 5.16 Å². The second-order valence-corrected chi connectivity index (χ2v) is 6.15. The molecule has 0 aromatic carbocycles. The molecule has 2 aromatic heterocycles. The van der Waals surface area contributed by atoms with E-state index in [-0.39, 0.29) is 11.6 Å². The minimum absolute atomic E-state index is 0.223. The van der Waals surface area contributed by atoms with Gasteiger partial charge in [0, 0.05) is 32.0 Å². The van der Waals surface area contributed by atoms with Gasteiger partial charge in [0.15, 0.2) is 23.1 Å². The molecule has 9 heteroatoms. The number of carbonyl (C=O) groups excluding carboxylic acids is 1. The number of aryl methyl sites for hydroxylation is 1. The number of rotatable bonds is 3. The Bertz CT molecular complexity index is 744. The van der Waals surface area contributed by atoms with Gasteiger partial charge in [0.05, 0.1) is 13.2 Å². The standard InChI is InChI=1S/C16H19N5O4/c1-11-10-13(20-25-11)17-15(22)12-2-3-14(19-18-12)21-6-4-16(5-7-21)23-8-9-24-16/h2-3,10H,4-9H2,1H3,(H,17,20,22). The van der Waals surface area contributed by atoms with Crippen molar-refractivity contribution in [3.05, 3.63) is 29.7 Å². The molecule has 2 aliphatic heterocycles. The minimum atomic E-state index is -0.417. The SMILES string of the molecule is Cc1cc(NC(=O)c2ccc(N3CCC4(CC3)OCCO4)nn2)no1. The van der Waals surface area contributed by atoms with Crippen LogP contribution in [-0.4, -0.2) is 53.4 Å². The summed E-state index contributed by atoms with van der Waals surface area (Å²) in [5, 5.41) is 14.5. The van der Waals surface area contributed by atoms with Gasteiger partial charge in [-0.3, -0.25) is 4.79 Å². The van der Waals surface area contributed by atoms with E-state index in [9.17, 15) is 4.79 Å². The monoisotopic (exact) mass is 345 g/mol. The number of nitrogens with one attached hydrogen (secondary N) is 1. The molecule has 132 valence electrons. The summed E-state index contributed by atoms with van der Waals surface area (Å²) >= 11 is 0. The Morgan fingerprint density at radius 3 is 2.56 bits per heavy atom. The lowest BCUT2D eigenvalue weighted by atomic mass is 10.0. The zero-order valence-corrected chi connectivity index (χ0v) is 13.9. The highest BCUT2D eigenvalue weighted by Crippen LogP contribution is 2.32. The fraction of sp³-hybridized carbons (Fsp3) is 0.500. The Labute approximate surface area is 144 Å². The summed E-state index contributed by atoms with van der Waals surface area (Å²) in [5.41, 5.74) is 0.223. The number of hydrogen-bond donors (Lipinski definition) is 1. The molecule has 0 bridgehead atoms. The van der Waals surface area contributed by atoms with Crippen molar-refractivity contribution >= 4 is 17.5 Å². The fourth-order valence-corrected chi connectivity index (χ4v) is 3.08. The van der Waals surface area contributed by atoms with Crippen molar-refractivity contribution in [1.29, 1.82) is 0 Å². The van der Waals surface area contributed by atoms with Crippen LogP contribution in [0.5, 0.6) is 0 Å². The maximum absolute atomic E-state index is 12.1. The predicted octanol–water partition coefficient (Wildman–Crippen LogP) is 1.37. The summed E-state index contributed by atoms with van der Waals surface area (Å²) < 4.78 is 16.4. The molecule has 1 N–H and O–H groups in total. The lowest BCUT2D eigenvalue weighted by Crippen LogP contribution is -2.45. The molecule has 1 amide bonds. The van der Waals surface area contributed by atoms with Crippen LogP contribution < -0.4 is 10.2 Å². The zero-order valence-electron chi connectivity index (χ0n) is 13.9. The van der Waals surface area contributed by atoms with Crippen molar-refractivity contribution in [2.75, 3.05) is 36.5 Å². The normalized spacial score (nSPS) is 19.3. The highest BCUT2D eigenvalue weighted by molar-refractivity contribution is 6.02. The Morgan fingerprint density at radius 2 is 1.96 bits per heavy atom. The number of carbonyl (C=O) groups is 1. The largest absolute Gasteiger partial charge is 0.360 e. The second-order valence-electron chi connectivity index (χ2n) is 6.15. The van der Waals surface area contributed by atoms with E-state index in [1.807, 2.05) is 0 Å². The van der Waals surface area contributed by atoms with Crippen molar-refractivity contribution in [2.45, 2.75) is 25.6 Å². The Balaban J connectivity index is 1.37. The maximum Gasteiger partial charge on any atom is 0.277 e. The van der Waals surface area contributed by atoms with E-state index in [0.29, 0.717) is 24.8 Å². The van der Waals surface area contributed by atoms with Crippen molar-refractivity contribution in [3.8, 4) is 0 Å². The second kappa shape index (κ2) is 6.41. The molecule has 2 fully saturated rings. The highest BCUT2D eigenvalue weighted by Gasteiger charge is 2.40. The molecule has 4 heterocycles. The van der Waals surface area contributed by atoms with Gasteiger partial charge in [0.1, 0.15) is 5.76 Å². The van der Waals surface area contributed by atoms with Gasteiger partial charge in [0.2, 0.25) is 0 Å². The zero-order chi connectivity index (χ0) is 17.3. The van der Waals surface area contributed by atoms with Gasteiger partial charge in [-0.15, -0.1) is 10.2 Å². The van der Waals surface area contributed by atoms with E-state index in [0.717, 1.165) is 31.7 Å². The van der Waals surface area contributed by atoms with E-state index in [4.69, 9.17) is 14.0 Å². The van der Waals surface area contributed by atoms with E-state index >= 15 is 0 Å². The Kier molecular flexibility index (Phi) is 4.10. The molecule has 2 saturated heterocycles. The first kappa shape index (κ1) is 16.0. The van der Waals surface area contributed by atoms with E-state index in [1.54, 1.807) is 25.1 Å². The lowest BCUT2D eigenvalue weighted by Gasteiger charge is -2.37. The van der Waals surface area contributed by atoms with Gasteiger partial charge in [-0.05, 0) is 19.1 Å². The molecule has 0 aliphatic carbocycles. The van der Waals surface area contributed by atoms with Gasteiger partial charge >= 0.3 is 0 Å². The molecule has 0 atom stereocenters. The summed E-state index contributed by atoms with van der Waals surface area (Å²) in [7, 11) is 0. The summed E-state index contributed by atoms with van der Waals surface area (Å²) in [6, 6.07) is 5.08. The first-order valence-corrected chi connectivity index (χ1v) is 8.25. The first-order valence-electron chi connectivity index (χ1n) is 8.25. The smallest absolute Gasteiger partial charge is 0.277 e. The Hall–Kier alpha value is -2.52. The van der Waals surface area contributed by atoms with Crippen LogP contribution in [0.2, 0.25) is 0 Å². The average molecular weight is 345 g/mol. The van der Waals surface area contributed by atoms with Gasteiger partial charge in [0.25, 0.3) is 5.91 Å². The molecule has 4 rings (SSSR count). The molecule has 9 nitrogen and oxygen atoms in total. The summed E-state index contributed by atoms with van der Waals surface area (Å²) in [5.74, 6) is 0.917. The van der Waals surface area contributed by atoms with Gasteiger partial charge in [-0.2, -0.15) is 0 Å². The minimum Gasteiger partial charge on any atom is -0.360 e.